The molecular weight excluding hydrogens is 373 g/mol. The Morgan fingerprint density at radius 2 is 1.85 bits per heavy atom. The van der Waals surface area contributed by atoms with E-state index in [4.69, 9.17) is 4.74 Å². The van der Waals surface area contributed by atoms with Crippen LogP contribution in [0.25, 0.3) is 0 Å². The normalized spacial score (nSPS) is 20.5. The van der Waals surface area contributed by atoms with Crippen LogP contribution in [0.1, 0.15) is 28.8 Å². The third kappa shape index (κ3) is 4.83. The van der Waals surface area contributed by atoms with Crippen LogP contribution in [0.15, 0.2) is 18.2 Å². The van der Waals surface area contributed by atoms with Gasteiger partial charge in [-0.3, -0.25) is 9.69 Å². The quantitative estimate of drug-likeness (QED) is 0.845. The molecule has 1 aromatic rings. The minimum atomic E-state index is 0. The molecule has 26 heavy (non-hydrogen) atoms. The predicted molar refractivity (Wildman–Crippen MR) is 109 cm³/mol. The fourth-order valence-corrected chi connectivity index (χ4v) is 4.09. The molecule has 0 saturated carbocycles. The molecule has 1 aromatic carbocycles. The Bertz CT molecular complexity index is 600. The molecule has 0 atom stereocenters. The van der Waals surface area contributed by atoms with Crippen molar-refractivity contribution in [2.75, 3.05) is 57.8 Å². The van der Waals surface area contributed by atoms with E-state index in [1.165, 1.54) is 11.3 Å². The summed E-state index contributed by atoms with van der Waals surface area (Å²) in [7, 11) is 0. The topological polar surface area (TPSA) is 44.8 Å². The summed E-state index contributed by atoms with van der Waals surface area (Å²) in [6.45, 7) is 7.78. The molecule has 3 aliphatic heterocycles. The highest BCUT2D eigenvalue weighted by molar-refractivity contribution is 5.95. The molecule has 0 bridgehead atoms. The first kappa shape index (κ1) is 21.3. The average molecular weight is 402 g/mol. The van der Waals surface area contributed by atoms with Crippen LogP contribution >= 0.6 is 24.8 Å². The van der Waals surface area contributed by atoms with E-state index < -0.39 is 0 Å². The maximum absolute atomic E-state index is 12.8. The van der Waals surface area contributed by atoms with Gasteiger partial charge in [-0.2, -0.15) is 0 Å². The van der Waals surface area contributed by atoms with E-state index in [2.05, 4.69) is 22.3 Å². The summed E-state index contributed by atoms with van der Waals surface area (Å²) in [6.07, 6.45) is 3.27. The van der Waals surface area contributed by atoms with Crippen molar-refractivity contribution < 1.29 is 9.53 Å². The Morgan fingerprint density at radius 3 is 2.58 bits per heavy atom. The fraction of sp³-hybridized carbons (Fsp3) is 0.632. The van der Waals surface area contributed by atoms with Gasteiger partial charge in [-0.05, 0) is 48.9 Å². The number of rotatable bonds is 3. The first-order chi connectivity index (χ1) is 11.8. The van der Waals surface area contributed by atoms with Gasteiger partial charge in [-0.25, -0.2) is 0 Å². The monoisotopic (exact) mass is 401 g/mol. The minimum Gasteiger partial charge on any atom is -0.384 e. The van der Waals surface area contributed by atoms with E-state index in [1.807, 2.05) is 11.0 Å². The molecule has 1 N–H and O–H groups in total. The van der Waals surface area contributed by atoms with Crippen molar-refractivity contribution in [3.63, 3.8) is 0 Å². The summed E-state index contributed by atoms with van der Waals surface area (Å²) in [6, 6.07) is 6.11. The highest BCUT2D eigenvalue weighted by atomic mass is 35.5. The molecule has 0 aromatic heterocycles. The summed E-state index contributed by atoms with van der Waals surface area (Å²) >= 11 is 0. The smallest absolute Gasteiger partial charge is 0.253 e. The van der Waals surface area contributed by atoms with Gasteiger partial charge in [0.2, 0.25) is 0 Å². The van der Waals surface area contributed by atoms with Crippen LogP contribution in [0.5, 0.6) is 0 Å². The number of halogens is 2. The molecule has 2 saturated heterocycles. The lowest BCUT2D eigenvalue weighted by atomic mass is 9.95. The number of fused-ring (bicyclic) bond motifs is 1. The van der Waals surface area contributed by atoms with E-state index in [0.717, 1.165) is 83.2 Å². The zero-order valence-corrected chi connectivity index (χ0v) is 16.7. The molecule has 2 fully saturated rings. The number of hydrogen-bond acceptors (Lipinski definition) is 4. The summed E-state index contributed by atoms with van der Waals surface area (Å²) in [4.78, 5) is 17.3. The summed E-state index contributed by atoms with van der Waals surface area (Å²) in [5.41, 5.74) is 3.32. The van der Waals surface area contributed by atoms with Gasteiger partial charge in [0.05, 0.1) is 13.2 Å². The van der Waals surface area contributed by atoms with Gasteiger partial charge in [0.15, 0.2) is 0 Å². The van der Waals surface area contributed by atoms with Crippen LogP contribution < -0.4 is 5.32 Å². The van der Waals surface area contributed by atoms with Crippen molar-refractivity contribution in [1.82, 2.24) is 9.80 Å². The standard InChI is InChI=1S/C19H27N3O2.2ClH/c23-19(17-1-2-18-16(13-17)3-6-20-18)22-7-4-15(5-8-22)14-21-9-11-24-12-10-21;;/h1-2,13,15,20H,3-12,14H2;2*1H. The van der Waals surface area contributed by atoms with E-state index in [1.54, 1.807) is 0 Å². The van der Waals surface area contributed by atoms with Gasteiger partial charge in [-0.15, -0.1) is 24.8 Å². The SMILES string of the molecule is Cl.Cl.O=C(c1ccc2c(c1)CCN2)N1CCC(CN2CCOCC2)CC1. The molecule has 0 aliphatic carbocycles. The number of hydrogen-bond donors (Lipinski definition) is 1. The Kier molecular flexibility index (Phi) is 8.02. The maximum atomic E-state index is 12.8. The zero-order valence-electron chi connectivity index (χ0n) is 15.1. The number of anilines is 1. The van der Waals surface area contributed by atoms with Crippen molar-refractivity contribution in [2.45, 2.75) is 19.3 Å². The number of morpholine rings is 1. The zero-order chi connectivity index (χ0) is 16.4. The van der Waals surface area contributed by atoms with Crippen molar-refractivity contribution in [1.29, 1.82) is 0 Å². The summed E-state index contributed by atoms with van der Waals surface area (Å²) < 4.78 is 5.42. The summed E-state index contributed by atoms with van der Waals surface area (Å²) in [5, 5.41) is 3.35. The van der Waals surface area contributed by atoms with Crippen LogP contribution in [-0.4, -0.2) is 68.2 Å². The molecule has 4 rings (SSSR count). The third-order valence-corrected chi connectivity index (χ3v) is 5.58. The highest BCUT2D eigenvalue weighted by Crippen LogP contribution is 2.25. The second-order valence-corrected chi connectivity index (χ2v) is 7.20. The Balaban J connectivity index is 0.00000121. The van der Waals surface area contributed by atoms with Crippen molar-refractivity contribution in [3.8, 4) is 0 Å². The number of piperidine rings is 1. The number of nitrogens with one attached hydrogen (secondary N) is 1. The molecule has 5 nitrogen and oxygen atoms in total. The lowest BCUT2D eigenvalue weighted by molar-refractivity contribution is 0.0243. The predicted octanol–water partition coefficient (Wildman–Crippen LogP) is 2.68. The molecule has 0 radical (unpaired) electrons. The van der Waals surface area contributed by atoms with Crippen LogP contribution in [0.3, 0.4) is 0 Å². The third-order valence-electron chi connectivity index (χ3n) is 5.58. The van der Waals surface area contributed by atoms with E-state index in [9.17, 15) is 4.79 Å². The number of ether oxygens (including phenoxy) is 1. The second kappa shape index (κ2) is 9.79. The molecule has 146 valence electrons. The fourth-order valence-electron chi connectivity index (χ4n) is 4.09. The molecule has 0 spiro atoms. The number of likely N-dealkylation sites (tertiary alicyclic amines) is 1. The Hall–Kier alpha value is -1.01. The van der Waals surface area contributed by atoms with E-state index >= 15 is 0 Å². The number of benzene rings is 1. The number of amides is 1. The maximum Gasteiger partial charge on any atom is 0.253 e. The number of carbonyl (C=O) groups is 1. The Morgan fingerprint density at radius 1 is 1.12 bits per heavy atom. The first-order valence-corrected chi connectivity index (χ1v) is 9.26. The molecule has 3 aliphatic rings. The van der Waals surface area contributed by atoms with Gasteiger partial charge in [0.1, 0.15) is 0 Å². The first-order valence-electron chi connectivity index (χ1n) is 9.26. The van der Waals surface area contributed by atoms with Crippen molar-refractivity contribution >= 4 is 36.4 Å². The van der Waals surface area contributed by atoms with E-state index in [0.29, 0.717) is 0 Å². The van der Waals surface area contributed by atoms with Crippen molar-refractivity contribution in [3.05, 3.63) is 29.3 Å². The minimum absolute atomic E-state index is 0. The average Bonchev–Trinajstić information content (AvgIpc) is 3.10. The molecule has 0 unspecified atom stereocenters. The molecular formula is C19H29Cl2N3O2. The molecule has 7 heteroatoms. The van der Waals surface area contributed by atoms with Gasteiger partial charge < -0.3 is 15.0 Å². The number of carbonyl (C=O) groups excluding carboxylic acids is 1. The van der Waals surface area contributed by atoms with E-state index in [-0.39, 0.29) is 30.7 Å². The largest absolute Gasteiger partial charge is 0.384 e. The number of nitrogens with zero attached hydrogens (tertiary/aromatic N) is 2. The van der Waals surface area contributed by atoms with Crippen molar-refractivity contribution in [2.24, 2.45) is 5.92 Å². The van der Waals surface area contributed by atoms with Gasteiger partial charge in [0, 0.05) is 50.5 Å². The van der Waals surface area contributed by atoms with Crippen LogP contribution in [0, 0.1) is 5.92 Å². The Labute approximate surface area is 168 Å². The van der Waals surface area contributed by atoms with Gasteiger partial charge in [-0.1, -0.05) is 0 Å². The molecule has 1 amide bonds. The molecule has 3 heterocycles. The van der Waals surface area contributed by atoms with Gasteiger partial charge >= 0.3 is 0 Å². The second-order valence-electron chi connectivity index (χ2n) is 7.20. The lowest BCUT2D eigenvalue weighted by Crippen LogP contribution is -2.44. The lowest BCUT2D eigenvalue weighted by Gasteiger charge is -2.36. The van der Waals surface area contributed by atoms with Crippen LogP contribution in [0.4, 0.5) is 5.69 Å². The summed E-state index contributed by atoms with van der Waals surface area (Å²) in [5.74, 6) is 0.922. The van der Waals surface area contributed by atoms with Crippen LogP contribution in [0.2, 0.25) is 0 Å². The van der Waals surface area contributed by atoms with Gasteiger partial charge in [0.25, 0.3) is 5.91 Å². The highest BCUT2D eigenvalue weighted by Gasteiger charge is 2.26. The van der Waals surface area contributed by atoms with Crippen LogP contribution in [-0.2, 0) is 11.2 Å².